The van der Waals surface area contributed by atoms with Crippen LogP contribution in [0.15, 0.2) is 30.3 Å². The van der Waals surface area contributed by atoms with Gasteiger partial charge in [-0.3, -0.25) is 0 Å². The number of ether oxygens (including phenoxy) is 1. The maximum atomic E-state index is 11.7. The van der Waals surface area contributed by atoms with E-state index < -0.39 is 24.9 Å². The van der Waals surface area contributed by atoms with E-state index in [9.17, 15) is 9.90 Å². The smallest absolute Gasteiger partial charge is 0.410 e. The van der Waals surface area contributed by atoms with Gasteiger partial charge < -0.3 is 19.8 Å². The molecule has 1 amide bonds. The third kappa shape index (κ3) is 3.00. The van der Waals surface area contributed by atoms with Crippen molar-refractivity contribution in [2.75, 3.05) is 13.2 Å². The molecule has 1 saturated heterocycles. The number of benzene rings is 1. The minimum absolute atomic E-state index is 0.392. The molecule has 2 N–H and O–H groups in total. The van der Waals surface area contributed by atoms with Crippen LogP contribution in [-0.4, -0.2) is 46.6 Å². The Bertz CT molecular complexity index is 395. The van der Waals surface area contributed by atoms with Crippen LogP contribution >= 0.6 is 0 Å². The lowest BCUT2D eigenvalue weighted by molar-refractivity contribution is -0.0589. The molecule has 18 heavy (non-hydrogen) atoms. The number of hydrogen-bond donors (Lipinski definition) is 2. The first-order valence-corrected chi connectivity index (χ1v) is 5.99. The monoisotopic (exact) mass is 251 g/mol. The van der Waals surface area contributed by atoms with Gasteiger partial charge in [-0.05, 0) is 5.56 Å². The molecular weight excluding hydrogens is 234 g/mol. The minimum atomic E-state index is -0.993. The van der Waals surface area contributed by atoms with Crippen LogP contribution in [0.25, 0.3) is 0 Å². The molecule has 2 rings (SSSR count). The number of carbonyl (C=O) groups excluding carboxylic acids is 1. The summed E-state index contributed by atoms with van der Waals surface area (Å²) in [5.41, 5.74) is 1.04. The molecule has 0 spiro atoms. The maximum Gasteiger partial charge on any atom is 0.410 e. The van der Waals surface area contributed by atoms with Gasteiger partial charge in [-0.15, -0.1) is 0 Å². The van der Waals surface area contributed by atoms with Crippen molar-refractivity contribution in [1.82, 2.24) is 4.90 Å². The standard InChI is InChI=1S/C13H17NO4/c15-9-11(16)12-6-7-14(13(17)18-12)8-10-4-2-1-3-5-10/h1-5,11-12,15-16H,6-9H2/t11?,12-/m0/s1. The van der Waals surface area contributed by atoms with E-state index in [-0.39, 0.29) is 0 Å². The van der Waals surface area contributed by atoms with Crippen LogP contribution in [0.4, 0.5) is 4.79 Å². The highest BCUT2D eigenvalue weighted by Gasteiger charge is 2.31. The second-order valence-corrected chi connectivity index (χ2v) is 4.37. The van der Waals surface area contributed by atoms with Crippen LogP contribution in [-0.2, 0) is 11.3 Å². The Hall–Kier alpha value is -1.59. The summed E-state index contributed by atoms with van der Waals surface area (Å²) in [5, 5.41) is 18.3. The van der Waals surface area contributed by atoms with Crippen LogP contribution < -0.4 is 0 Å². The van der Waals surface area contributed by atoms with Gasteiger partial charge >= 0.3 is 6.09 Å². The normalized spacial score (nSPS) is 21.6. The van der Waals surface area contributed by atoms with Crippen molar-refractivity contribution in [2.45, 2.75) is 25.2 Å². The molecule has 98 valence electrons. The average molecular weight is 251 g/mol. The Kier molecular flexibility index (Phi) is 4.17. The van der Waals surface area contributed by atoms with E-state index in [1.807, 2.05) is 30.3 Å². The fourth-order valence-electron chi connectivity index (χ4n) is 1.97. The number of aliphatic hydroxyl groups excluding tert-OH is 2. The number of cyclic esters (lactones) is 1. The summed E-state index contributed by atoms with van der Waals surface area (Å²) in [6.45, 7) is 0.633. The van der Waals surface area contributed by atoms with Crippen LogP contribution in [0.1, 0.15) is 12.0 Å². The van der Waals surface area contributed by atoms with Crippen molar-refractivity contribution < 1.29 is 19.7 Å². The van der Waals surface area contributed by atoms with Gasteiger partial charge in [0.05, 0.1) is 6.61 Å². The van der Waals surface area contributed by atoms with Gasteiger partial charge in [0.1, 0.15) is 12.2 Å². The predicted octanol–water partition coefficient (Wildman–Crippen LogP) is 0.751. The molecule has 1 fully saturated rings. The Balaban J connectivity index is 1.92. The largest absolute Gasteiger partial charge is 0.443 e. The number of carbonyl (C=O) groups is 1. The number of hydrogen-bond acceptors (Lipinski definition) is 4. The van der Waals surface area contributed by atoms with Crippen LogP contribution in [0.2, 0.25) is 0 Å². The Morgan fingerprint density at radius 3 is 2.72 bits per heavy atom. The summed E-state index contributed by atoms with van der Waals surface area (Å²) in [6, 6.07) is 9.65. The van der Waals surface area contributed by atoms with Gasteiger partial charge in [-0.25, -0.2) is 4.79 Å². The fourth-order valence-corrected chi connectivity index (χ4v) is 1.97. The highest BCUT2D eigenvalue weighted by molar-refractivity contribution is 5.68. The van der Waals surface area contributed by atoms with Gasteiger partial charge in [-0.2, -0.15) is 0 Å². The molecule has 0 radical (unpaired) electrons. The van der Waals surface area contributed by atoms with E-state index in [4.69, 9.17) is 9.84 Å². The van der Waals surface area contributed by atoms with Crippen molar-refractivity contribution in [1.29, 1.82) is 0 Å². The quantitative estimate of drug-likeness (QED) is 0.828. The number of amides is 1. The molecule has 1 unspecified atom stereocenters. The Morgan fingerprint density at radius 1 is 1.39 bits per heavy atom. The molecule has 1 aromatic carbocycles. The molecule has 1 heterocycles. The van der Waals surface area contributed by atoms with E-state index in [1.165, 1.54) is 0 Å². The highest BCUT2D eigenvalue weighted by Crippen LogP contribution is 2.17. The van der Waals surface area contributed by atoms with Crippen LogP contribution in [0.5, 0.6) is 0 Å². The van der Waals surface area contributed by atoms with Gasteiger partial charge in [0, 0.05) is 19.5 Å². The fraction of sp³-hybridized carbons (Fsp3) is 0.462. The second-order valence-electron chi connectivity index (χ2n) is 4.37. The highest BCUT2D eigenvalue weighted by atomic mass is 16.6. The molecular formula is C13H17NO4. The van der Waals surface area contributed by atoms with E-state index in [0.717, 1.165) is 5.56 Å². The molecule has 0 aromatic heterocycles. The summed E-state index contributed by atoms with van der Waals surface area (Å²) in [6.07, 6.45) is -1.51. The Morgan fingerprint density at radius 2 is 2.11 bits per heavy atom. The van der Waals surface area contributed by atoms with Gasteiger partial charge in [0.25, 0.3) is 0 Å². The third-order valence-corrected chi connectivity index (χ3v) is 3.03. The second kappa shape index (κ2) is 5.84. The number of nitrogens with zero attached hydrogens (tertiary/aromatic N) is 1. The third-order valence-electron chi connectivity index (χ3n) is 3.03. The van der Waals surface area contributed by atoms with Crippen molar-refractivity contribution in [3.63, 3.8) is 0 Å². The predicted molar refractivity (Wildman–Crippen MR) is 64.8 cm³/mol. The lowest BCUT2D eigenvalue weighted by Gasteiger charge is -2.33. The molecule has 0 bridgehead atoms. The van der Waals surface area contributed by atoms with Crippen molar-refractivity contribution in [3.8, 4) is 0 Å². The zero-order valence-electron chi connectivity index (χ0n) is 10.0. The topological polar surface area (TPSA) is 70.0 Å². The van der Waals surface area contributed by atoms with E-state index in [2.05, 4.69) is 0 Å². The van der Waals surface area contributed by atoms with E-state index >= 15 is 0 Å². The van der Waals surface area contributed by atoms with Gasteiger partial charge in [-0.1, -0.05) is 30.3 Å². The number of aliphatic hydroxyl groups is 2. The van der Waals surface area contributed by atoms with Crippen LogP contribution in [0, 0.1) is 0 Å². The Labute approximate surface area is 106 Å². The van der Waals surface area contributed by atoms with Gasteiger partial charge in [0.15, 0.2) is 0 Å². The van der Waals surface area contributed by atoms with Crippen molar-refractivity contribution >= 4 is 6.09 Å². The van der Waals surface area contributed by atoms with Gasteiger partial charge in [0.2, 0.25) is 0 Å². The number of rotatable bonds is 4. The minimum Gasteiger partial charge on any atom is -0.443 e. The zero-order valence-corrected chi connectivity index (χ0v) is 10.0. The first kappa shape index (κ1) is 12.9. The van der Waals surface area contributed by atoms with Crippen LogP contribution in [0.3, 0.4) is 0 Å². The molecule has 0 saturated carbocycles. The van der Waals surface area contributed by atoms with E-state index in [0.29, 0.717) is 19.5 Å². The zero-order chi connectivity index (χ0) is 13.0. The molecule has 1 aromatic rings. The lowest BCUT2D eigenvalue weighted by Crippen LogP contribution is -2.46. The summed E-state index contributed by atoms with van der Waals surface area (Å²) in [7, 11) is 0. The molecule has 0 aliphatic carbocycles. The van der Waals surface area contributed by atoms with Crippen molar-refractivity contribution in [2.24, 2.45) is 0 Å². The maximum absolute atomic E-state index is 11.7. The molecule has 1 aliphatic rings. The SMILES string of the molecule is O=C1O[C@H](C(O)CO)CCN1Cc1ccccc1. The lowest BCUT2D eigenvalue weighted by atomic mass is 10.1. The molecule has 5 heteroatoms. The summed E-state index contributed by atoms with van der Waals surface area (Å²) >= 11 is 0. The summed E-state index contributed by atoms with van der Waals surface area (Å²) < 4.78 is 5.10. The summed E-state index contributed by atoms with van der Waals surface area (Å²) in [5.74, 6) is 0. The molecule has 5 nitrogen and oxygen atoms in total. The first-order chi connectivity index (χ1) is 8.70. The molecule has 2 atom stereocenters. The van der Waals surface area contributed by atoms with E-state index in [1.54, 1.807) is 4.90 Å². The first-order valence-electron chi connectivity index (χ1n) is 5.99. The summed E-state index contributed by atoms with van der Waals surface area (Å²) in [4.78, 5) is 13.3. The average Bonchev–Trinajstić information content (AvgIpc) is 2.41. The van der Waals surface area contributed by atoms with Crippen molar-refractivity contribution in [3.05, 3.63) is 35.9 Å². The molecule has 1 aliphatic heterocycles.